The van der Waals surface area contributed by atoms with Crippen LogP contribution in [0.4, 0.5) is 0 Å². The highest BCUT2D eigenvalue weighted by Gasteiger charge is 2.61. The van der Waals surface area contributed by atoms with E-state index >= 15 is 0 Å². The predicted octanol–water partition coefficient (Wildman–Crippen LogP) is 10.2. The average Bonchev–Trinajstić information content (AvgIpc) is 3.37. The number of rotatable bonds is 13. The maximum Gasteiger partial charge on any atom is 0.338 e. The lowest BCUT2D eigenvalue weighted by Crippen LogP contribution is -2.23. The van der Waals surface area contributed by atoms with Crippen molar-refractivity contribution in [3.05, 3.63) is 148 Å². The van der Waals surface area contributed by atoms with Crippen LogP contribution in [-0.2, 0) is 45.8 Å². The van der Waals surface area contributed by atoms with Crippen molar-refractivity contribution in [2.24, 2.45) is 29.5 Å². The maximum absolute atomic E-state index is 12.4. The molecule has 0 spiro atoms. The van der Waals surface area contributed by atoms with Gasteiger partial charge in [-0.2, -0.15) is 5.10 Å². The predicted molar refractivity (Wildman–Crippen MR) is 216 cm³/mol. The summed E-state index contributed by atoms with van der Waals surface area (Å²) in [7, 11) is 1.82. The molecule has 1 saturated carbocycles. The molecule has 2 aromatic heterocycles. The van der Waals surface area contributed by atoms with Gasteiger partial charge in [0.05, 0.1) is 35.2 Å². The van der Waals surface area contributed by atoms with Crippen LogP contribution in [0, 0.1) is 24.2 Å². The summed E-state index contributed by atoms with van der Waals surface area (Å²) >= 11 is 0. The number of aryl methyl sites for hydroxylation is 2. The fraction of sp³-hybridized carbons (Fsp3) is 0.348. The Balaban J connectivity index is 0.000000219. The lowest BCUT2D eigenvalue weighted by atomic mass is 10.1. The summed E-state index contributed by atoms with van der Waals surface area (Å²) < 4.78 is 24.1. The molecule has 294 valence electrons. The first-order valence-electron chi connectivity index (χ1n) is 18.8. The van der Waals surface area contributed by atoms with E-state index in [1.54, 1.807) is 29.3 Å². The summed E-state index contributed by atoms with van der Waals surface area (Å²) in [6.07, 6.45) is 6.20. The summed E-state index contributed by atoms with van der Waals surface area (Å²) in [4.78, 5) is 29.9. The lowest BCUT2D eigenvalue weighted by Gasteiger charge is -2.19. The molecule has 56 heavy (non-hydrogen) atoms. The third-order valence-corrected chi connectivity index (χ3v) is 9.24. The second-order valence-electron chi connectivity index (χ2n) is 15.8. The van der Waals surface area contributed by atoms with Gasteiger partial charge in [-0.1, -0.05) is 91.3 Å². The highest BCUT2D eigenvalue weighted by molar-refractivity contribution is 5.89. The third-order valence-electron chi connectivity index (χ3n) is 9.24. The first-order chi connectivity index (χ1) is 26.6. The van der Waals surface area contributed by atoms with Crippen LogP contribution >= 0.6 is 0 Å². The third kappa shape index (κ3) is 11.6. The highest BCUT2D eigenvalue weighted by atomic mass is 16.6. The van der Waals surface area contributed by atoms with Crippen LogP contribution in [0.3, 0.4) is 0 Å². The summed E-state index contributed by atoms with van der Waals surface area (Å²) in [5.74, 6) is 1.95. The fourth-order valence-electron chi connectivity index (χ4n) is 6.23. The molecule has 0 bridgehead atoms. The summed E-state index contributed by atoms with van der Waals surface area (Å²) in [6.45, 7) is 16.3. The number of ether oxygens (including phenoxy) is 3. The first kappa shape index (κ1) is 41.3. The fourth-order valence-corrected chi connectivity index (χ4v) is 6.23. The molecule has 10 heteroatoms. The number of aromatic nitrogens is 2. The van der Waals surface area contributed by atoms with Crippen LogP contribution < -0.4 is 4.74 Å². The molecule has 0 aliphatic heterocycles. The van der Waals surface area contributed by atoms with Gasteiger partial charge in [-0.25, -0.2) is 9.48 Å². The Morgan fingerprint density at radius 1 is 0.911 bits per heavy atom. The van der Waals surface area contributed by atoms with Crippen molar-refractivity contribution in [1.82, 2.24) is 9.78 Å². The Morgan fingerprint density at radius 3 is 2.21 bits per heavy atom. The minimum atomic E-state index is -0.527. The minimum Gasteiger partial charge on any atom is -0.469 e. The van der Waals surface area contributed by atoms with Crippen molar-refractivity contribution in [1.29, 1.82) is 0 Å². The highest BCUT2D eigenvalue weighted by Crippen LogP contribution is 2.59. The normalized spacial score (nSPS) is 15.7. The first-order valence-corrected chi connectivity index (χ1v) is 18.8. The van der Waals surface area contributed by atoms with E-state index in [4.69, 9.17) is 23.5 Å². The molecule has 10 nitrogen and oxygen atoms in total. The van der Waals surface area contributed by atoms with E-state index in [9.17, 15) is 9.59 Å². The van der Waals surface area contributed by atoms with Crippen molar-refractivity contribution < 1.29 is 33.1 Å². The van der Waals surface area contributed by atoms with Gasteiger partial charge in [-0.15, -0.1) is 0 Å². The van der Waals surface area contributed by atoms with Crippen LogP contribution in [-0.4, -0.2) is 33.5 Å². The van der Waals surface area contributed by atoms with E-state index < -0.39 is 5.60 Å². The van der Waals surface area contributed by atoms with Gasteiger partial charge in [0.15, 0.2) is 0 Å². The molecule has 0 amide bonds. The van der Waals surface area contributed by atoms with E-state index in [-0.39, 0.29) is 42.4 Å². The van der Waals surface area contributed by atoms with Gasteiger partial charge in [-0.3, -0.25) is 4.79 Å². The summed E-state index contributed by atoms with van der Waals surface area (Å²) in [5.41, 5.74) is 5.71. The van der Waals surface area contributed by atoms with Gasteiger partial charge in [0.2, 0.25) is 5.88 Å². The Kier molecular flexibility index (Phi) is 13.4. The zero-order valence-corrected chi connectivity index (χ0v) is 33.9. The average molecular weight is 760 g/mol. The van der Waals surface area contributed by atoms with Crippen molar-refractivity contribution in [2.45, 2.75) is 80.6 Å². The number of furan rings is 1. The monoisotopic (exact) mass is 759 g/mol. The van der Waals surface area contributed by atoms with Gasteiger partial charge in [0.25, 0.3) is 0 Å². The Morgan fingerprint density at radius 2 is 1.57 bits per heavy atom. The van der Waals surface area contributed by atoms with Gasteiger partial charge >= 0.3 is 11.9 Å². The zero-order chi connectivity index (χ0) is 40.5. The molecule has 2 unspecified atom stereocenters. The van der Waals surface area contributed by atoms with E-state index in [1.807, 2.05) is 101 Å². The molecular weight excluding hydrogens is 707 g/mol. The molecule has 6 rings (SSSR count). The standard InChI is InChI=1S/C24H27N3O4.C22H26O3/c1-17-21(22(27(5)26-17)30-20-9-7-6-8-10-20)15-25-29-16-18-11-13-19(14-12-18)23(28)31-24(2,3)4;1-15(2)10-19-20(22(19,3)4)21(23)25-14-17-12-18(24-13-17)11-16-8-6-5-7-9-16/h6-15H,16H2,1-5H3;5-10,12-13,19-20H,11,14H2,1-4H3/b25-15+;. The molecular formula is C46H53N3O7. The maximum atomic E-state index is 12.4. The number of hydrogen-bond acceptors (Lipinski definition) is 9. The number of nitrogens with zero attached hydrogens (tertiary/aromatic N) is 3. The van der Waals surface area contributed by atoms with Crippen LogP contribution in [0.1, 0.15) is 92.5 Å². The van der Waals surface area contributed by atoms with Crippen LogP contribution in [0.5, 0.6) is 11.6 Å². The van der Waals surface area contributed by atoms with Crippen molar-refractivity contribution in [3.8, 4) is 11.6 Å². The van der Waals surface area contributed by atoms with Crippen LogP contribution in [0.15, 0.2) is 118 Å². The zero-order valence-electron chi connectivity index (χ0n) is 33.9. The summed E-state index contributed by atoms with van der Waals surface area (Å²) in [5, 5.41) is 8.47. The molecule has 1 fully saturated rings. The topological polar surface area (TPSA) is 114 Å². The molecule has 3 aromatic carbocycles. The number of carbonyl (C=O) groups excluding carboxylic acids is 2. The molecule has 1 aliphatic rings. The number of para-hydroxylation sites is 1. The lowest BCUT2D eigenvalue weighted by molar-refractivity contribution is -0.147. The van der Waals surface area contributed by atoms with Gasteiger partial charge < -0.3 is 23.5 Å². The second kappa shape index (κ2) is 18.2. The van der Waals surface area contributed by atoms with E-state index in [1.165, 1.54) is 11.1 Å². The van der Waals surface area contributed by atoms with E-state index in [0.717, 1.165) is 34.6 Å². The van der Waals surface area contributed by atoms with Gasteiger partial charge in [0, 0.05) is 19.0 Å². The molecule has 1 aliphatic carbocycles. The van der Waals surface area contributed by atoms with Gasteiger partial charge in [-0.05, 0) is 94.3 Å². The quantitative estimate of drug-likeness (QED) is 0.0504. The number of allylic oxidation sites excluding steroid dienone is 2. The van der Waals surface area contributed by atoms with Crippen molar-refractivity contribution >= 4 is 18.2 Å². The largest absolute Gasteiger partial charge is 0.469 e. The Hall–Kier alpha value is -5.90. The van der Waals surface area contributed by atoms with Gasteiger partial charge in [0.1, 0.15) is 30.3 Å². The second-order valence-corrected chi connectivity index (χ2v) is 15.8. The molecule has 0 radical (unpaired) electrons. The van der Waals surface area contributed by atoms with E-state index in [0.29, 0.717) is 17.2 Å². The summed E-state index contributed by atoms with van der Waals surface area (Å²) in [6, 6.07) is 28.7. The number of oxime groups is 1. The molecule has 0 N–H and O–H groups in total. The number of carbonyl (C=O) groups is 2. The molecule has 5 aromatic rings. The van der Waals surface area contributed by atoms with Crippen molar-refractivity contribution in [2.75, 3.05) is 0 Å². The number of hydrogen-bond donors (Lipinski definition) is 0. The molecule has 0 saturated heterocycles. The Labute approximate surface area is 330 Å². The van der Waals surface area contributed by atoms with E-state index in [2.05, 4.69) is 56.2 Å². The SMILES string of the molecule is CC(C)=CC1C(C(=O)OCc2coc(Cc3ccccc3)c2)C1(C)C.Cc1nn(C)c(Oc2ccccc2)c1/C=N/OCc1ccc(C(=O)OC(C)(C)C)cc1. The van der Waals surface area contributed by atoms with Crippen molar-refractivity contribution in [3.63, 3.8) is 0 Å². The molecule has 2 heterocycles. The number of benzene rings is 3. The van der Waals surface area contributed by atoms with Crippen LogP contribution in [0.2, 0.25) is 0 Å². The number of esters is 2. The smallest absolute Gasteiger partial charge is 0.338 e. The van der Waals surface area contributed by atoms with Crippen LogP contribution in [0.25, 0.3) is 0 Å². The Bertz CT molecular complexity index is 2120. The minimum absolute atomic E-state index is 0.0107. The molecule has 2 atom stereocenters.